The first-order valence-electron chi connectivity index (χ1n) is 5.62. The lowest BCUT2D eigenvalue weighted by Crippen LogP contribution is -2.41. The van der Waals surface area contributed by atoms with Crippen molar-refractivity contribution < 1.29 is 17.6 Å². The van der Waals surface area contributed by atoms with Gasteiger partial charge in [-0.2, -0.15) is 0 Å². The highest BCUT2D eigenvalue weighted by Crippen LogP contribution is 2.24. The fourth-order valence-corrected chi connectivity index (χ4v) is 2.73. The molecular formula is C12H10Cl2N2O4S. The van der Waals surface area contributed by atoms with Crippen LogP contribution in [0.15, 0.2) is 39.8 Å². The van der Waals surface area contributed by atoms with Gasteiger partial charge in [-0.15, -0.1) is 4.83 Å². The molecule has 0 spiro atoms. The smallest absolute Gasteiger partial charge is 0.269 e. The predicted molar refractivity (Wildman–Crippen MR) is 77.7 cm³/mol. The molecule has 2 aromatic rings. The van der Waals surface area contributed by atoms with Crippen LogP contribution in [0.1, 0.15) is 16.1 Å². The molecule has 0 saturated carbocycles. The molecule has 0 aliphatic rings. The van der Waals surface area contributed by atoms with Crippen molar-refractivity contribution in [2.24, 2.45) is 0 Å². The van der Waals surface area contributed by atoms with Crippen molar-refractivity contribution in [3.05, 3.63) is 51.9 Å². The first kappa shape index (κ1) is 15.8. The first-order chi connectivity index (χ1) is 9.81. The van der Waals surface area contributed by atoms with Gasteiger partial charge in [-0.25, -0.2) is 8.42 Å². The number of aryl methyl sites for hydroxylation is 1. The Morgan fingerprint density at radius 3 is 2.48 bits per heavy atom. The van der Waals surface area contributed by atoms with E-state index in [1.54, 1.807) is 6.92 Å². The van der Waals surface area contributed by atoms with E-state index in [0.717, 1.165) is 0 Å². The van der Waals surface area contributed by atoms with E-state index in [2.05, 4.69) is 5.43 Å². The number of carbonyl (C=O) groups is 1. The number of hydrazine groups is 1. The van der Waals surface area contributed by atoms with Gasteiger partial charge in [0.1, 0.15) is 5.76 Å². The Morgan fingerprint density at radius 2 is 1.90 bits per heavy atom. The summed E-state index contributed by atoms with van der Waals surface area (Å²) >= 11 is 11.5. The number of rotatable bonds is 4. The molecule has 1 aromatic heterocycles. The second-order valence-corrected chi connectivity index (χ2v) is 6.52. The Bertz CT molecular complexity index is 786. The van der Waals surface area contributed by atoms with Crippen LogP contribution in [-0.2, 0) is 10.0 Å². The Labute approximate surface area is 131 Å². The molecule has 1 aromatic carbocycles. The summed E-state index contributed by atoms with van der Waals surface area (Å²) in [6.07, 6.45) is 1.33. The number of carbonyl (C=O) groups excluding carboxylic acids is 1. The van der Waals surface area contributed by atoms with E-state index in [-0.39, 0.29) is 20.5 Å². The summed E-state index contributed by atoms with van der Waals surface area (Å²) in [5.74, 6) is -0.258. The van der Waals surface area contributed by atoms with Gasteiger partial charge in [0.15, 0.2) is 0 Å². The zero-order valence-corrected chi connectivity index (χ0v) is 13.0. The third kappa shape index (κ3) is 3.56. The van der Waals surface area contributed by atoms with Crippen molar-refractivity contribution in [3.63, 3.8) is 0 Å². The van der Waals surface area contributed by atoms with Crippen LogP contribution in [-0.4, -0.2) is 14.3 Å². The largest absolute Gasteiger partial charge is 0.469 e. The summed E-state index contributed by atoms with van der Waals surface area (Å²) < 4.78 is 29.0. The number of hydrogen-bond donors (Lipinski definition) is 2. The van der Waals surface area contributed by atoms with Crippen molar-refractivity contribution in [2.45, 2.75) is 11.8 Å². The van der Waals surface area contributed by atoms with E-state index in [1.165, 1.54) is 30.5 Å². The summed E-state index contributed by atoms with van der Waals surface area (Å²) in [5, 5.41) is 0.324. The number of nitrogens with one attached hydrogen (secondary N) is 2. The lowest BCUT2D eigenvalue weighted by Gasteiger charge is -2.08. The molecule has 0 fully saturated rings. The summed E-state index contributed by atoms with van der Waals surface area (Å²) in [7, 11) is -3.95. The van der Waals surface area contributed by atoms with Gasteiger partial charge in [0.25, 0.3) is 15.9 Å². The van der Waals surface area contributed by atoms with Crippen molar-refractivity contribution in [2.75, 3.05) is 0 Å². The molecule has 9 heteroatoms. The van der Waals surface area contributed by atoms with Crippen LogP contribution in [0.25, 0.3) is 0 Å². The van der Waals surface area contributed by atoms with E-state index in [9.17, 15) is 13.2 Å². The standard InChI is InChI=1S/C12H10Cl2N2O4S/c1-7-9(4-5-20-7)12(17)15-16-21(18,19)8-2-3-10(13)11(14)6-8/h2-6,16H,1H3,(H,15,17). The molecule has 2 N–H and O–H groups in total. The van der Waals surface area contributed by atoms with Crippen LogP contribution < -0.4 is 10.3 Å². The van der Waals surface area contributed by atoms with Crippen molar-refractivity contribution in [1.29, 1.82) is 0 Å². The minimum atomic E-state index is -3.95. The molecule has 0 aliphatic heterocycles. The molecule has 0 aliphatic carbocycles. The maximum Gasteiger partial charge on any atom is 0.269 e. The van der Waals surface area contributed by atoms with Crippen molar-refractivity contribution in [3.8, 4) is 0 Å². The van der Waals surface area contributed by atoms with Crippen LogP contribution in [0, 0.1) is 6.92 Å². The SMILES string of the molecule is Cc1occc1C(=O)NNS(=O)(=O)c1ccc(Cl)c(Cl)c1. The molecule has 0 radical (unpaired) electrons. The van der Waals surface area contributed by atoms with Gasteiger partial charge in [0.05, 0.1) is 26.8 Å². The van der Waals surface area contributed by atoms with Crippen LogP contribution >= 0.6 is 23.2 Å². The number of halogens is 2. The molecule has 1 heterocycles. The molecular weight excluding hydrogens is 339 g/mol. The van der Waals surface area contributed by atoms with Gasteiger partial charge in [-0.1, -0.05) is 23.2 Å². The molecule has 0 atom stereocenters. The van der Waals surface area contributed by atoms with Gasteiger partial charge < -0.3 is 4.42 Å². The lowest BCUT2D eigenvalue weighted by molar-refractivity contribution is 0.0943. The minimum Gasteiger partial charge on any atom is -0.469 e. The highest BCUT2D eigenvalue weighted by atomic mass is 35.5. The summed E-state index contributed by atoms with van der Waals surface area (Å²) in [5.41, 5.74) is 2.31. The highest BCUT2D eigenvalue weighted by molar-refractivity contribution is 7.89. The molecule has 6 nitrogen and oxygen atoms in total. The van der Waals surface area contributed by atoms with Crippen LogP contribution in [0.5, 0.6) is 0 Å². The Hall–Kier alpha value is -1.54. The van der Waals surface area contributed by atoms with Gasteiger partial charge in [0, 0.05) is 0 Å². The van der Waals surface area contributed by atoms with Crippen LogP contribution in [0.4, 0.5) is 0 Å². The number of sulfonamides is 1. The quantitative estimate of drug-likeness (QED) is 0.831. The van der Waals surface area contributed by atoms with E-state index < -0.39 is 15.9 Å². The number of benzene rings is 1. The van der Waals surface area contributed by atoms with Gasteiger partial charge >= 0.3 is 0 Å². The Balaban J connectivity index is 2.13. The lowest BCUT2D eigenvalue weighted by atomic mass is 10.2. The van der Waals surface area contributed by atoms with E-state index in [1.807, 2.05) is 4.83 Å². The third-order valence-electron chi connectivity index (χ3n) is 2.60. The van der Waals surface area contributed by atoms with Gasteiger partial charge in [-0.05, 0) is 31.2 Å². The van der Waals surface area contributed by atoms with Crippen molar-refractivity contribution in [1.82, 2.24) is 10.3 Å². The molecule has 112 valence electrons. The average Bonchev–Trinajstić information content (AvgIpc) is 2.85. The van der Waals surface area contributed by atoms with E-state index >= 15 is 0 Å². The number of furan rings is 1. The highest BCUT2D eigenvalue weighted by Gasteiger charge is 2.18. The van der Waals surface area contributed by atoms with Crippen LogP contribution in [0.3, 0.4) is 0 Å². The molecule has 0 unspecified atom stereocenters. The minimum absolute atomic E-state index is 0.0940. The molecule has 21 heavy (non-hydrogen) atoms. The molecule has 2 rings (SSSR count). The zero-order valence-electron chi connectivity index (χ0n) is 10.7. The Kier molecular flexibility index (Phi) is 4.58. The second-order valence-electron chi connectivity index (χ2n) is 4.03. The third-order valence-corrected chi connectivity index (χ3v) is 4.59. The maximum atomic E-state index is 12.0. The van der Waals surface area contributed by atoms with Crippen LogP contribution in [0.2, 0.25) is 10.0 Å². The fraction of sp³-hybridized carbons (Fsp3) is 0.0833. The summed E-state index contributed by atoms with van der Waals surface area (Å²) in [4.78, 5) is 13.6. The summed E-state index contributed by atoms with van der Waals surface area (Å²) in [6.45, 7) is 1.59. The van der Waals surface area contributed by atoms with E-state index in [4.69, 9.17) is 27.6 Å². The van der Waals surface area contributed by atoms with Crippen molar-refractivity contribution >= 4 is 39.1 Å². The van der Waals surface area contributed by atoms with E-state index in [0.29, 0.717) is 5.76 Å². The van der Waals surface area contributed by atoms with Gasteiger partial charge in [-0.3, -0.25) is 10.2 Å². The number of amides is 1. The average molecular weight is 349 g/mol. The monoisotopic (exact) mass is 348 g/mol. The summed E-state index contributed by atoms with van der Waals surface area (Å²) in [6, 6.07) is 5.23. The second kappa shape index (κ2) is 6.07. The zero-order chi connectivity index (χ0) is 15.6. The number of hydrogen-bond acceptors (Lipinski definition) is 4. The Morgan fingerprint density at radius 1 is 1.19 bits per heavy atom. The normalized spacial score (nSPS) is 11.4. The molecule has 0 bridgehead atoms. The molecule has 1 amide bonds. The van der Waals surface area contributed by atoms with Gasteiger partial charge in [0.2, 0.25) is 0 Å². The molecule has 0 saturated heterocycles. The fourth-order valence-electron chi connectivity index (χ4n) is 1.50. The topological polar surface area (TPSA) is 88.4 Å². The maximum absolute atomic E-state index is 12.0. The predicted octanol–water partition coefficient (Wildman–Crippen LogP) is 2.52. The first-order valence-corrected chi connectivity index (χ1v) is 7.86.